The van der Waals surface area contributed by atoms with Crippen LogP contribution >= 0.6 is 0 Å². The van der Waals surface area contributed by atoms with Gasteiger partial charge in [0.25, 0.3) is 5.91 Å². The first kappa shape index (κ1) is 22.8. The number of sulfone groups is 1. The second kappa shape index (κ2) is 9.09. The molecule has 2 aromatic carbocycles. The molecule has 0 radical (unpaired) electrons. The lowest BCUT2D eigenvalue weighted by Crippen LogP contribution is -2.33. The summed E-state index contributed by atoms with van der Waals surface area (Å²) in [5.74, 6) is -1.77. The maximum atomic E-state index is 12.5. The zero-order valence-electron chi connectivity index (χ0n) is 16.5. The standard InChI is InChI=1S/C21H21F3N2O4S/c22-21(23,24)13-25-20(28)15-4-7-17(8-5-15)26-19(27)10-11-31(29,30)18-9-6-14-2-1-3-16(14)12-18/h4-9,12H,1-3,10-11,13H2,(H,25,28)(H,26,27). The normalized spacial score (nSPS) is 13.5. The van der Waals surface area contributed by atoms with Crippen LogP contribution in [0.3, 0.4) is 0 Å². The van der Waals surface area contributed by atoms with Crippen molar-refractivity contribution in [1.82, 2.24) is 5.32 Å². The number of benzene rings is 2. The van der Waals surface area contributed by atoms with Crippen LogP contribution in [0.5, 0.6) is 0 Å². The van der Waals surface area contributed by atoms with Crippen LogP contribution in [0.2, 0.25) is 0 Å². The largest absolute Gasteiger partial charge is 0.405 e. The van der Waals surface area contributed by atoms with Gasteiger partial charge in [-0.05, 0) is 66.8 Å². The minimum Gasteiger partial charge on any atom is -0.343 e. The molecule has 166 valence electrons. The van der Waals surface area contributed by atoms with Gasteiger partial charge in [0, 0.05) is 17.7 Å². The van der Waals surface area contributed by atoms with Crippen molar-refractivity contribution in [3.63, 3.8) is 0 Å². The lowest BCUT2D eigenvalue weighted by Gasteiger charge is -2.10. The molecule has 0 heterocycles. The predicted octanol–water partition coefficient (Wildman–Crippen LogP) is 3.27. The Balaban J connectivity index is 1.53. The highest BCUT2D eigenvalue weighted by Gasteiger charge is 2.28. The summed E-state index contributed by atoms with van der Waals surface area (Å²) in [7, 11) is -3.61. The van der Waals surface area contributed by atoms with Crippen LogP contribution in [-0.2, 0) is 27.5 Å². The summed E-state index contributed by atoms with van der Waals surface area (Å²) in [5, 5.41) is 4.26. The van der Waals surface area contributed by atoms with Gasteiger partial charge in [-0.2, -0.15) is 13.2 Å². The monoisotopic (exact) mass is 454 g/mol. The molecule has 2 amide bonds. The predicted molar refractivity (Wildman–Crippen MR) is 109 cm³/mol. The summed E-state index contributed by atoms with van der Waals surface area (Å²) in [4.78, 5) is 24.0. The van der Waals surface area contributed by atoms with Gasteiger partial charge in [-0.25, -0.2) is 8.42 Å². The Bertz CT molecular complexity index is 1080. The lowest BCUT2D eigenvalue weighted by molar-refractivity contribution is -0.123. The van der Waals surface area contributed by atoms with E-state index in [1.54, 1.807) is 17.4 Å². The molecule has 2 N–H and O–H groups in total. The molecule has 2 aromatic rings. The smallest absolute Gasteiger partial charge is 0.343 e. The first-order valence-corrected chi connectivity index (χ1v) is 11.3. The topological polar surface area (TPSA) is 92.3 Å². The highest BCUT2D eigenvalue weighted by atomic mass is 32.2. The molecule has 0 bridgehead atoms. The van der Waals surface area contributed by atoms with Crippen molar-refractivity contribution in [2.24, 2.45) is 0 Å². The molecule has 31 heavy (non-hydrogen) atoms. The Kier molecular flexibility index (Phi) is 6.68. The number of carbonyl (C=O) groups excluding carboxylic acids is 2. The molecule has 10 heteroatoms. The number of halogens is 3. The van der Waals surface area contributed by atoms with Crippen molar-refractivity contribution in [3.05, 3.63) is 59.2 Å². The maximum absolute atomic E-state index is 12.5. The van der Waals surface area contributed by atoms with Crippen LogP contribution in [-0.4, -0.2) is 38.7 Å². The number of aryl methyl sites for hydroxylation is 2. The Labute approximate surface area is 177 Å². The molecule has 0 fully saturated rings. The SMILES string of the molecule is O=C(CCS(=O)(=O)c1ccc2c(c1)CCC2)Nc1ccc(C(=O)NCC(F)(F)F)cc1. The van der Waals surface area contributed by atoms with E-state index >= 15 is 0 Å². The van der Waals surface area contributed by atoms with E-state index in [9.17, 15) is 31.2 Å². The van der Waals surface area contributed by atoms with Crippen LogP contribution < -0.4 is 10.6 Å². The van der Waals surface area contributed by atoms with Crippen molar-refractivity contribution >= 4 is 27.3 Å². The van der Waals surface area contributed by atoms with E-state index in [1.165, 1.54) is 24.3 Å². The van der Waals surface area contributed by atoms with Crippen LogP contribution in [0.1, 0.15) is 34.3 Å². The zero-order chi connectivity index (χ0) is 22.6. The number of hydrogen-bond acceptors (Lipinski definition) is 4. The molecule has 6 nitrogen and oxygen atoms in total. The van der Waals surface area contributed by atoms with E-state index in [1.807, 2.05) is 6.07 Å². The van der Waals surface area contributed by atoms with Gasteiger partial charge in [0.15, 0.2) is 9.84 Å². The Morgan fingerprint density at radius 1 is 0.968 bits per heavy atom. The van der Waals surface area contributed by atoms with E-state index in [4.69, 9.17) is 0 Å². The molecule has 0 spiro atoms. The number of alkyl halides is 3. The number of anilines is 1. The van der Waals surface area contributed by atoms with Crippen molar-refractivity contribution in [2.75, 3.05) is 17.6 Å². The number of amides is 2. The summed E-state index contributed by atoms with van der Waals surface area (Å²) in [6.07, 6.45) is -1.97. The van der Waals surface area contributed by atoms with Crippen LogP contribution in [0.4, 0.5) is 18.9 Å². The third-order valence-electron chi connectivity index (χ3n) is 4.91. The first-order valence-electron chi connectivity index (χ1n) is 9.63. The summed E-state index contributed by atoms with van der Waals surface area (Å²) in [5.41, 5.74) is 2.49. The molecule has 0 aliphatic heterocycles. The van der Waals surface area contributed by atoms with Crippen LogP contribution in [0, 0.1) is 0 Å². The van der Waals surface area contributed by atoms with Gasteiger partial charge in [0.1, 0.15) is 6.54 Å². The van der Waals surface area contributed by atoms with Gasteiger partial charge in [-0.1, -0.05) is 6.07 Å². The summed E-state index contributed by atoms with van der Waals surface area (Å²) >= 11 is 0. The number of rotatable bonds is 7. The fourth-order valence-electron chi connectivity index (χ4n) is 3.30. The highest BCUT2D eigenvalue weighted by Crippen LogP contribution is 2.25. The second-order valence-electron chi connectivity index (χ2n) is 7.28. The minimum absolute atomic E-state index is 0.00133. The van der Waals surface area contributed by atoms with Crippen molar-refractivity contribution < 1.29 is 31.2 Å². The van der Waals surface area contributed by atoms with Gasteiger partial charge in [0.2, 0.25) is 5.91 Å². The number of nitrogens with one attached hydrogen (secondary N) is 2. The summed E-state index contributed by atoms with van der Waals surface area (Å²) in [6, 6.07) is 10.3. The number of fused-ring (bicyclic) bond motifs is 1. The number of carbonyl (C=O) groups is 2. The molecular weight excluding hydrogens is 433 g/mol. The zero-order valence-corrected chi connectivity index (χ0v) is 17.3. The number of hydrogen-bond donors (Lipinski definition) is 2. The Morgan fingerprint density at radius 3 is 2.32 bits per heavy atom. The molecule has 1 aliphatic rings. The van der Waals surface area contributed by atoms with Gasteiger partial charge in [-0.15, -0.1) is 0 Å². The van der Waals surface area contributed by atoms with Crippen molar-refractivity contribution in [3.8, 4) is 0 Å². The Hall–Kier alpha value is -2.88. The van der Waals surface area contributed by atoms with E-state index in [0.29, 0.717) is 5.69 Å². The lowest BCUT2D eigenvalue weighted by atomic mass is 10.1. The van der Waals surface area contributed by atoms with Gasteiger partial charge in [0.05, 0.1) is 10.6 Å². The third kappa shape index (κ3) is 6.30. The second-order valence-corrected chi connectivity index (χ2v) is 9.39. The van der Waals surface area contributed by atoms with E-state index in [-0.39, 0.29) is 22.6 Å². The highest BCUT2D eigenvalue weighted by molar-refractivity contribution is 7.91. The van der Waals surface area contributed by atoms with Crippen LogP contribution in [0.25, 0.3) is 0 Å². The fourth-order valence-corrected chi connectivity index (χ4v) is 4.58. The molecule has 0 atom stereocenters. The average molecular weight is 454 g/mol. The van der Waals surface area contributed by atoms with Gasteiger partial charge < -0.3 is 10.6 Å². The van der Waals surface area contributed by atoms with Crippen LogP contribution in [0.15, 0.2) is 47.4 Å². The molecule has 0 saturated heterocycles. The van der Waals surface area contributed by atoms with Crippen molar-refractivity contribution in [2.45, 2.75) is 36.8 Å². The minimum atomic E-state index is -4.51. The molecule has 3 rings (SSSR count). The summed E-state index contributed by atoms with van der Waals surface area (Å²) in [6.45, 7) is -1.44. The van der Waals surface area contributed by atoms with E-state index in [2.05, 4.69) is 5.32 Å². The fraction of sp³-hybridized carbons (Fsp3) is 0.333. The average Bonchev–Trinajstić information content (AvgIpc) is 3.18. The van der Waals surface area contributed by atoms with Crippen molar-refractivity contribution in [1.29, 1.82) is 0 Å². The molecule has 0 aromatic heterocycles. The Morgan fingerprint density at radius 2 is 1.65 bits per heavy atom. The summed E-state index contributed by atoms with van der Waals surface area (Å²) < 4.78 is 61.5. The molecular formula is C21H21F3N2O4S. The van der Waals surface area contributed by atoms with Gasteiger partial charge >= 0.3 is 6.18 Å². The molecule has 0 unspecified atom stereocenters. The molecule has 1 aliphatic carbocycles. The maximum Gasteiger partial charge on any atom is 0.405 e. The first-order chi connectivity index (χ1) is 14.5. The third-order valence-corrected chi connectivity index (χ3v) is 6.62. The van der Waals surface area contributed by atoms with Gasteiger partial charge in [-0.3, -0.25) is 9.59 Å². The quantitative estimate of drug-likeness (QED) is 0.672. The van der Waals surface area contributed by atoms with E-state index in [0.717, 1.165) is 30.4 Å². The van der Waals surface area contributed by atoms with E-state index < -0.39 is 34.4 Å². The molecule has 0 saturated carbocycles.